The van der Waals surface area contributed by atoms with Gasteiger partial charge in [-0.1, -0.05) is 0 Å². The van der Waals surface area contributed by atoms with Gasteiger partial charge in [-0.05, 0) is 19.1 Å². The maximum absolute atomic E-state index is 8.90. The van der Waals surface area contributed by atoms with Gasteiger partial charge in [-0.25, -0.2) is 4.98 Å². The molecule has 0 aliphatic heterocycles. The van der Waals surface area contributed by atoms with E-state index in [1.807, 2.05) is 25.1 Å². The van der Waals surface area contributed by atoms with Crippen LogP contribution in [0.25, 0.3) is 11.4 Å². The first-order chi connectivity index (χ1) is 8.67. The van der Waals surface area contributed by atoms with Gasteiger partial charge >= 0.3 is 0 Å². The average Bonchev–Trinajstić information content (AvgIpc) is 2.79. The molecule has 0 saturated carbocycles. The van der Waals surface area contributed by atoms with Gasteiger partial charge in [0.25, 0.3) is 0 Å². The van der Waals surface area contributed by atoms with E-state index in [2.05, 4.69) is 9.97 Å². The maximum atomic E-state index is 8.90. The van der Waals surface area contributed by atoms with E-state index in [1.54, 1.807) is 20.3 Å². The molecule has 1 aromatic carbocycles. The number of hydrogen-bond acceptors (Lipinski definition) is 4. The van der Waals surface area contributed by atoms with Crippen molar-refractivity contribution in [3.8, 4) is 29.0 Å². The molecule has 0 fully saturated rings. The van der Waals surface area contributed by atoms with E-state index in [-0.39, 0.29) is 0 Å². The number of benzene rings is 1. The Hall–Kier alpha value is -2.48. The number of rotatable bonds is 3. The quantitative estimate of drug-likeness (QED) is 0.897. The number of hydrogen-bond donors (Lipinski definition) is 1. The van der Waals surface area contributed by atoms with Crippen molar-refractivity contribution >= 4 is 0 Å². The average molecular weight is 243 g/mol. The number of imidazole rings is 1. The lowest BCUT2D eigenvalue weighted by Crippen LogP contribution is -1.89. The highest BCUT2D eigenvalue weighted by atomic mass is 16.5. The zero-order valence-corrected chi connectivity index (χ0v) is 10.4. The molecule has 0 amide bonds. The normalized spacial score (nSPS) is 9.89. The van der Waals surface area contributed by atoms with Gasteiger partial charge in [0.15, 0.2) is 5.69 Å². The van der Waals surface area contributed by atoms with Crippen LogP contribution in [0.1, 0.15) is 11.4 Å². The second kappa shape index (κ2) is 4.80. The Bertz CT molecular complexity index is 589. The lowest BCUT2D eigenvalue weighted by Gasteiger charge is -2.06. The molecule has 0 atom stereocenters. The lowest BCUT2D eigenvalue weighted by molar-refractivity contribution is 0.394. The van der Waals surface area contributed by atoms with E-state index in [0.717, 1.165) is 11.3 Å². The molecule has 18 heavy (non-hydrogen) atoms. The molecular formula is C13H13N3O2. The predicted octanol–water partition coefficient (Wildman–Crippen LogP) is 2.27. The summed E-state index contributed by atoms with van der Waals surface area (Å²) in [6.07, 6.45) is 0. The first-order valence-corrected chi connectivity index (χ1v) is 5.38. The lowest BCUT2D eigenvalue weighted by atomic mass is 10.2. The zero-order chi connectivity index (χ0) is 13.1. The zero-order valence-electron chi connectivity index (χ0n) is 10.4. The van der Waals surface area contributed by atoms with Crippen LogP contribution in [0.2, 0.25) is 0 Å². The van der Waals surface area contributed by atoms with Crippen LogP contribution in [0.3, 0.4) is 0 Å². The van der Waals surface area contributed by atoms with Gasteiger partial charge in [-0.3, -0.25) is 0 Å². The molecule has 0 aliphatic carbocycles. The van der Waals surface area contributed by atoms with Gasteiger partial charge in [0.1, 0.15) is 23.4 Å². The SMILES string of the molecule is COc1cc(OC)cc(-c2nc(C#N)c(C)[nH]2)c1. The highest BCUT2D eigenvalue weighted by Gasteiger charge is 2.10. The van der Waals surface area contributed by atoms with Crippen molar-refractivity contribution in [2.75, 3.05) is 14.2 Å². The molecule has 1 aromatic heterocycles. The largest absolute Gasteiger partial charge is 0.497 e. The molecule has 5 nitrogen and oxygen atoms in total. The highest BCUT2D eigenvalue weighted by molar-refractivity contribution is 5.62. The Kier molecular flexibility index (Phi) is 3.20. The number of nitriles is 1. The maximum Gasteiger partial charge on any atom is 0.161 e. The monoisotopic (exact) mass is 243 g/mol. The first-order valence-electron chi connectivity index (χ1n) is 5.38. The van der Waals surface area contributed by atoms with Gasteiger partial charge in [-0.2, -0.15) is 5.26 Å². The number of nitrogens with zero attached hydrogens (tertiary/aromatic N) is 2. The summed E-state index contributed by atoms with van der Waals surface area (Å²) in [4.78, 5) is 7.29. The fourth-order valence-corrected chi connectivity index (χ4v) is 1.65. The van der Waals surface area contributed by atoms with Crippen molar-refractivity contribution in [1.82, 2.24) is 9.97 Å². The highest BCUT2D eigenvalue weighted by Crippen LogP contribution is 2.28. The molecule has 5 heteroatoms. The number of ether oxygens (including phenoxy) is 2. The molecule has 1 N–H and O–H groups in total. The number of methoxy groups -OCH3 is 2. The third-order valence-corrected chi connectivity index (χ3v) is 2.62. The second-order valence-electron chi connectivity index (χ2n) is 3.77. The van der Waals surface area contributed by atoms with Gasteiger partial charge < -0.3 is 14.5 Å². The Morgan fingerprint density at radius 1 is 1.17 bits per heavy atom. The minimum Gasteiger partial charge on any atom is -0.497 e. The Morgan fingerprint density at radius 3 is 2.22 bits per heavy atom. The fourth-order valence-electron chi connectivity index (χ4n) is 1.65. The van der Waals surface area contributed by atoms with Crippen LogP contribution in [-0.2, 0) is 0 Å². The standard InChI is InChI=1S/C13H13N3O2/c1-8-12(7-14)16-13(15-8)9-4-10(17-2)6-11(5-9)18-3/h4-6H,1-3H3,(H,15,16). The molecule has 0 bridgehead atoms. The summed E-state index contributed by atoms with van der Waals surface area (Å²) in [6, 6.07) is 7.49. The van der Waals surface area contributed by atoms with Gasteiger partial charge in [0, 0.05) is 11.6 Å². The summed E-state index contributed by atoms with van der Waals surface area (Å²) in [5.74, 6) is 1.98. The summed E-state index contributed by atoms with van der Waals surface area (Å²) in [5, 5.41) is 8.90. The van der Waals surface area contributed by atoms with E-state index < -0.39 is 0 Å². The molecule has 0 radical (unpaired) electrons. The van der Waals surface area contributed by atoms with Crippen molar-refractivity contribution in [2.45, 2.75) is 6.92 Å². The molecule has 2 rings (SSSR count). The van der Waals surface area contributed by atoms with E-state index >= 15 is 0 Å². The van der Waals surface area contributed by atoms with Crippen LogP contribution in [0.4, 0.5) is 0 Å². The van der Waals surface area contributed by atoms with Crippen molar-refractivity contribution < 1.29 is 9.47 Å². The van der Waals surface area contributed by atoms with Crippen LogP contribution in [0.15, 0.2) is 18.2 Å². The molecule has 0 unspecified atom stereocenters. The summed E-state index contributed by atoms with van der Waals surface area (Å²) >= 11 is 0. The topological polar surface area (TPSA) is 70.9 Å². The third-order valence-electron chi connectivity index (χ3n) is 2.62. The van der Waals surface area contributed by atoms with E-state index in [0.29, 0.717) is 23.0 Å². The van der Waals surface area contributed by atoms with Crippen molar-refractivity contribution in [3.05, 3.63) is 29.6 Å². The molecule has 0 spiro atoms. The molecular weight excluding hydrogens is 230 g/mol. The fraction of sp³-hybridized carbons (Fsp3) is 0.231. The Balaban J connectivity index is 2.52. The first kappa shape index (κ1) is 12.0. The summed E-state index contributed by atoms with van der Waals surface area (Å²) in [6.45, 7) is 1.81. The van der Waals surface area contributed by atoms with Crippen LogP contribution in [-0.4, -0.2) is 24.2 Å². The smallest absolute Gasteiger partial charge is 0.161 e. The number of aryl methyl sites for hydroxylation is 1. The van der Waals surface area contributed by atoms with E-state index in [4.69, 9.17) is 14.7 Å². The predicted molar refractivity (Wildman–Crippen MR) is 66.6 cm³/mol. The van der Waals surface area contributed by atoms with Crippen LogP contribution < -0.4 is 9.47 Å². The molecule has 0 aliphatic rings. The van der Waals surface area contributed by atoms with Gasteiger partial charge in [-0.15, -0.1) is 0 Å². The van der Waals surface area contributed by atoms with Crippen LogP contribution in [0.5, 0.6) is 11.5 Å². The van der Waals surface area contributed by atoms with Gasteiger partial charge in [0.2, 0.25) is 0 Å². The number of aromatic nitrogens is 2. The minimum absolute atomic E-state index is 0.395. The van der Waals surface area contributed by atoms with Crippen LogP contribution >= 0.6 is 0 Å². The van der Waals surface area contributed by atoms with Gasteiger partial charge in [0.05, 0.1) is 19.9 Å². The molecule has 92 valence electrons. The molecule has 2 aromatic rings. The summed E-state index contributed by atoms with van der Waals surface area (Å²) in [5.41, 5.74) is 1.96. The van der Waals surface area contributed by atoms with Crippen molar-refractivity contribution in [2.24, 2.45) is 0 Å². The van der Waals surface area contributed by atoms with E-state index in [1.165, 1.54) is 0 Å². The van der Waals surface area contributed by atoms with Crippen LogP contribution in [0, 0.1) is 18.3 Å². The molecule has 1 heterocycles. The minimum atomic E-state index is 0.395. The Labute approximate surface area is 105 Å². The molecule has 0 saturated heterocycles. The number of H-pyrrole nitrogens is 1. The summed E-state index contributed by atoms with van der Waals surface area (Å²) in [7, 11) is 3.18. The second-order valence-corrected chi connectivity index (χ2v) is 3.77. The Morgan fingerprint density at radius 2 is 1.78 bits per heavy atom. The third kappa shape index (κ3) is 2.13. The summed E-state index contributed by atoms with van der Waals surface area (Å²) < 4.78 is 10.4. The van der Waals surface area contributed by atoms with E-state index in [9.17, 15) is 0 Å². The number of nitrogens with one attached hydrogen (secondary N) is 1. The van der Waals surface area contributed by atoms with Crippen molar-refractivity contribution in [1.29, 1.82) is 5.26 Å². The number of aromatic amines is 1. The van der Waals surface area contributed by atoms with Crippen molar-refractivity contribution in [3.63, 3.8) is 0 Å².